The van der Waals surface area contributed by atoms with Crippen molar-refractivity contribution in [3.8, 4) is 0 Å². The molecule has 1 aromatic rings. The third kappa shape index (κ3) is 7.02. The molecule has 6 heteroatoms. The van der Waals surface area contributed by atoms with Crippen LogP contribution in [0.2, 0.25) is 0 Å². The van der Waals surface area contributed by atoms with Gasteiger partial charge in [-0.05, 0) is 33.3 Å². The van der Waals surface area contributed by atoms with Crippen molar-refractivity contribution in [3.05, 3.63) is 59.7 Å². The summed E-state index contributed by atoms with van der Waals surface area (Å²) in [5.41, 5.74) is 1.77. The number of hydrogen-bond donors (Lipinski definition) is 2. The quantitative estimate of drug-likeness (QED) is 0.385. The standard InChI is InChI=1S/C22H29NO5/c1-6-14(2)12-13-19(24)23-20(16(4)18-10-8-7-9-11-18)22(27)28-17(5)15(3)21(25)26/h6-13,15-17,20H,1-5H3,(H,23,24)(H,25,26)/b13-12+,14-6+/t15-,16-,17-,20+/m1/s1. The Morgan fingerprint density at radius 3 is 2.21 bits per heavy atom. The van der Waals surface area contributed by atoms with Gasteiger partial charge in [0.2, 0.25) is 5.91 Å². The Morgan fingerprint density at radius 2 is 1.68 bits per heavy atom. The molecule has 2 N–H and O–H groups in total. The average molecular weight is 387 g/mol. The Balaban J connectivity index is 3.03. The van der Waals surface area contributed by atoms with E-state index >= 15 is 0 Å². The summed E-state index contributed by atoms with van der Waals surface area (Å²) in [6, 6.07) is 8.33. The van der Waals surface area contributed by atoms with Gasteiger partial charge in [0.1, 0.15) is 12.1 Å². The van der Waals surface area contributed by atoms with Crippen LogP contribution in [-0.4, -0.2) is 35.1 Å². The molecule has 0 heterocycles. The first kappa shape index (κ1) is 23.1. The van der Waals surface area contributed by atoms with Crippen LogP contribution in [0.4, 0.5) is 0 Å². The monoisotopic (exact) mass is 387 g/mol. The van der Waals surface area contributed by atoms with E-state index in [-0.39, 0.29) is 5.92 Å². The molecular weight excluding hydrogens is 358 g/mol. The number of ether oxygens (including phenoxy) is 1. The molecule has 0 radical (unpaired) electrons. The van der Waals surface area contributed by atoms with Crippen molar-refractivity contribution >= 4 is 17.8 Å². The minimum Gasteiger partial charge on any atom is -0.481 e. The number of aliphatic carboxylic acids is 1. The third-order valence-electron chi connectivity index (χ3n) is 4.73. The third-order valence-corrected chi connectivity index (χ3v) is 4.73. The zero-order valence-electron chi connectivity index (χ0n) is 17.0. The minimum absolute atomic E-state index is 0.360. The molecule has 0 aliphatic heterocycles. The van der Waals surface area contributed by atoms with Gasteiger partial charge in [0.15, 0.2) is 0 Å². The van der Waals surface area contributed by atoms with Crippen LogP contribution in [0.1, 0.15) is 46.1 Å². The molecule has 0 bridgehead atoms. The summed E-state index contributed by atoms with van der Waals surface area (Å²) in [6.07, 6.45) is 4.04. The van der Waals surface area contributed by atoms with Gasteiger partial charge < -0.3 is 15.2 Å². The van der Waals surface area contributed by atoms with Crippen molar-refractivity contribution in [2.45, 2.75) is 52.7 Å². The highest BCUT2D eigenvalue weighted by molar-refractivity contribution is 5.92. The van der Waals surface area contributed by atoms with Crippen LogP contribution in [0.3, 0.4) is 0 Å². The lowest BCUT2D eigenvalue weighted by Gasteiger charge is -2.26. The molecule has 0 aliphatic rings. The molecule has 0 saturated heterocycles. The summed E-state index contributed by atoms with van der Waals surface area (Å²) in [5.74, 6) is -3.36. The fraction of sp³-hybridized carbons (Fsp3) is 0.409. The molecule has 0 aromatic heterocycles. The van der Waals surface area contributed by atoms with Gasteiger partial charge in [-0.15, -0.1) is 0 Å². The Bertz CT molecular complexity index is 739. The first-order valence-corrected chi connectivity index (χ1v) is 9.27. The maximum Gasteiger partial charge on any atom is 0.329 e. The predicted octanol–water partition coefficient (Wildman–Crippen LogP) is 3.45. The van der Waals surface area contributed by atoms with E-state index in [0.717, 1.165) is 11.1 Å². The van der Waals surface area contributed by atoms with Gasteiger partial charge in [-0.3, -0.25) is 9.59 Å². The molecule has 1 amide bonds. The van der Waals surface area contributed by atoms with Gasteiger partial charge in [-0.25, -0.2) is 4.79 Å². The molecule has 6 nitrogen and oxygen atoms in total. The second kappa shape index (κ2) is 11.1. The summed E-state index contributed by atoms with van der Waals surface area (Å²) in [6.45, 7) is 8.53. The Kier molecular flexibility index (Phi) is 9.15. The van der Waals surface area contributed by atoms with Crippen LogP contribution in [-0.2, 0) is 19.1 Å². The van der Waals surface area contributed by atoms with Gasteiger partial charge in [-0.1, -0.05) is 55.0 Å². The van der Waals surface area contributed by atoms with Crippen LogP contribution in [0.25, 0.3) is 0 Å². The number of carboxylic acids is 1. The molecule has 28 heavy (non-hydrogen) atoms. The van der Waals surface area contributed by atoms with Crippen LogP contribution < -0.4 is 5.32 Å². The number of benzene rings is 1. The van der Waals surface area contributed by atoms with E-state index in [2.05, 4.69) is 5.32 Å². The topological polar surface area (TPSA) is 92.7 Å². The molecule has 4 atom stereocenters. The van der Waals surface area contributed by atoms with E-state index in [9.17, 15) is 14.4 Å². The van der Waals surface area contributed by atoms with Crippen molar-refractivity contribution < 1.29 is 24.2 Å². The number of amides is 1. The van der Waals surface area contributed by atoms with E-state index in [1.165, 1.54) is 19.9 Å². The second-order valence-electron chi connectivity index (χ2n) is 6.82. The molecule has 152 valence electrons. The molecular formula is C22H29NO5. The zero-order valence-corrected chi connectivity index (χ0v) is 17.0. The smallest absolute Gasteiger partial charge is 0.329 e. The zero-order chi connectivity index (χ0) is 21.3. The molecule has 0 aliphatic carbocycles. The number of carboxylic acid groups (broad SMARTS) is 1. The second-order valence-corrected chi connectivity index (χ2v) is 6.82. The number of carbonyl (C=O) groups excluding carboxylic acids is 2. The summed E-state index contributed by atoms with van der Waals surface area (Å²) >= 11 is 0. The Morgan fingerprint density at radius 1 is 1.07 bits per heavy atom. The fourth-order valence-electron chi connectivity index (χ4n) is 2.40. The van der Waals surface area contributed by atoms with Crippen LogP contribution >= 0.6 is 0 Å². The van der Waals surface area contributed by atoms with Crippen LogP contribution in [0.15, 0.2) is 54.1 Å². The summed E-state index contributed by atoms with van der Waals surface area (Å²) in [5, 5.41) is 11.8. The number of hydrogen-bond acceptors (Lipinski definition) is 4. The van der Waals surface area contributed by atoms with E-state index in [4.69, 9.17) is 9.84 Å². The van der Waals surface area contributed by atoms with Crippen molar-refractivity contribution in [3.63, 3.8) is 0 Å². The van der Waals surface area contributed by atoms with E-state index in [0.29, 0.717) is 0 Å². The van der Waals surface area contributed by atoms with Crippen LogP contribution in [0, 0.1) is 5.92 Å². The number of carbonyl (C=O) groups is 3. The highest BCUT2D eigenvalue weighted by Gasteiger charge is 2.32. The number of esters is 1. The summed E-state index contributed by atoms with van der Waals surface area (Å²) in [7, 11) is 0. The van der Waals surface area contributed by atoms with E-state index < -0.39 is 35.9 Å². The Labute approximate surface area is 166 Å². The lowest BCUT2D eigenvalue weighted by molar-refractivity contribution is -0.159. The first-order chi connectivity index (χ1) is 13.2. The Hall–Kier alpha value is -2.89. The normalized spacial score (nSPS) is 16.1. The van der Waals surface area contributed by atoms with Crippen molar-refractivity contribution in [1.82, 2.24) is 5.32 Å². The van der Waals surface area contributed by atoms with Crippen molar-refractivity contribution in [2.75, 3.05) is 0 Å². The van der Waals surface area contributed by atoms with Gasteiger partial charge >= 0.3 is 11.9 Å². The first-order valence-electron chi connectivity index (χ1n) is 9.27. The van der Waals surface area contributed by atoms with Gasteiger partial charge in [0, 0.05) is 12.0 Å². The van der Waals surface area contributed by atoms with Crippen molar-refractivity contribution in [1.29, 1.82) is 0 Å². The molecule has 1 rings (SSSR count). The molecule has 1 aromatic carbocycles. The highest BCUT2D eigenvalue weighted by atomic mass is 16.5. The fourth-order valence-corrected chi connectivity index (χ4v) is 2.40. The maximum absolute atomic E-state index is 12.8. The SMILES string of the molecule is C/C=C(C)/C=C/C(=O)N[C@H](C(=O)O[C@H](C)[C@@H](C)C(=O)O)[C@H](C)c1ccccc1. The summed E-state index contributed by atoms with van der Waals surface area (Å²) in [4.78, 5) is 36.2. The highest BCUT2D eigenvalue weighted by Crippen LogP contribution is 2.21. The summed E-state index contributed by atoms with van der Waals surface area (Å²) < 4.78 is 5.36. The predicted molar refractivity (Wildman–Crippen MR) is 108 cm³/mol. The minimum atomic E-state index is -1.05. The van der Waals surface area contributed by atoms with Crippen molar-refractivity contribution in [2.24, 2.45) is 5.92 Å². The van der Waals surface area contributed by atoms with Gasteiger partial charge in [-0.2, -0.15) is 0 Å². The number of allylic oxidation sites excluding steroid dienone is 3. The average Bonchev–Trinajstić information content (AvgIpc) is 2.69. The van der Waals surface area contributed by atoms with Gasteiger partial charge in [0.25, 0.3) is 0 Å². The van der Waals surface area contributed by atoms with Gasteiger partial charge in [0.05, 0.1) is 5.92 Å². The number of nitrogens with one attached hydrogen (secondary N) is 1. The largest absolute Gasteiger partial charge is 0.481 e. The molecule has 0 fully saturated rings. The number of rotatable bonds is 9. The molecule has 0 spiro atoms. The van der Waals surface area contributed by atoms with Crippen LogP contribution in [0.5, 0.6) is 0 Å². The van der Waals surface area contributed by atoms with E-state index in [1.54, 1.807) is 6.08 Å². The molecule has 0 saturated carbocycles. The lowest BCUT2D eigenvalue weighted by Crippen LogP contribution is -2.46. The maximum atomic E-state index is 12.8. The lowest BCUT2D eigenvalue weighted by atomic mass is 9.93. The molecule has 0 unspecified atom stereocenters. The van der Waals surface area contributed by atoms with E-state index in [1.807, 2.05) is 57.2 Å².